The maximum atomic E-state index is 12.9. The van der Waals surface area contributed by atoms with Crippen molar-refractivity contribution in [1.29, 1.82) is 0 Å². The summed E-state index contributed by atoms with van der Waals surface area (Å²) in [5.41, 5.74) is 1.43. The van der Waals surface area contributed by atoms with Gasteiger partial charge >= 0.3 is 17.8 Å². The van der Waals surface area contributed by atoms with E-state index in [4.69, 9.17) is 8.94 Å². The van der Waals surface area contributed by atoms with Crippen LogP contribution in [0, 0.1) is 5.82 Å². The molecule has 118 valence electrons. The minimum Gasteiger partial charge on any atom is -0.399 e. The Morgan fingerprint density at radius 3 is 2.46 bits per heavy atom. The van der Waals surface area contributed by atoms with E-state index in [0.717, 1.165) is 5.69 Å². The van der Waals surface area contributed by atoms with Crippen LogP contribution in [0.25, 0.3) is 23.2 Å². The number of benzene rings is 2. The number of hydrogen-bond acceptors (Lipinski definition) is 7. The Bertz CT molecular complexity index is 950. The molecule has 2 heterocycles. The summed E-state index contributed by atoms with van der Waals surface area (Å²) in [6.45, 7) is 0. The van der Waals surface area contributed by atoms with Gasteiger partial charge in [-0.15, -0.1) is 5.10 Å². The van der Waals surface area contributed by atoms with Crippen LogP contribution in [0.3, 0.4) is 0 Å². The second kappa shape index (κ2) is 5.92. The molecule has 0 fully saturated rings. The summed E-state index contributed by atoms with van der Waals surface area (Å²) >= 11 is 0. The van der Waals surface area contributed by atoms with Gasteiger partial charge in [0.15, 0.2) is 0 Å². The molecule has 2 aromatic carbocycles. The third-order valence-electron chi connectivity index (χ3n) is 3.16. The highest BCUT2D eigenvalue weighted by Gasteiger charge is 2.17. The van der Waals surface area contributed by atoms with E-state index in [1.807, 2.05) is 30.3 Å². The van der Waals surface area contributed by atoms with E-state index in [1.54, 1.807) is 12.1 Å². The smallest absolute Gasteiger partial charge is 0.320 e. The van der Waals surface area contributed by atoms with Gasteiger partial charge in [-0.1, -0.05) is 28.5 Å². The van der Waals surface area contributed by atoms with Crippen LogP contribution in [-0.2, 0) is 0 Å². The SMILES string of the molecule is Fc1ccc(-c2noc(-c3nnc(Nc4ccccc4)o3)n2)cc1. The standard InChI is InChI=1S/C16H10FN5O2/c17-11-8-6-10(7-9-11)13-19-14(24-22-13)15-20-21-16(23-15)18-12-4-2-1-3-5-12/h1-9H,(H,18,21). The normalized spacial score (nSPS) is 10.7. The topological polar surface area (TPSA) is 89.9 Å². The molecule has 0 amide bonds. The van der Waals surface area contributed by atoms with E-state index in [0.29, 0.717) is 11.4 Å². The van der Waals surface area contributed by atoms with E-state index < -0.39 is 0 Å². The summed E-state index contributed by atoms with van der Waals surface area (Å²) in [4.78, 5) is 4.18. The molecule has 0 aliphatic heterocycles. The molecule has 24 heavy (non-hydrogen) atoms. The van der Waals surface area contributed by atoms with Gasteiger partial charge in [0.05, 0.1) is 0 Å². The van der Waals surface area contributed by atoms with Gasteiger partial charge in [0.25, 0.3) is 0 Å². The quantitative estimate of drug-likeness (QED) is 0.612. The zero-order valence-corrected chi connectivity index (χ0v) is 12.2. The fourth-order valence-electron chi connectivity index (χ4n) is 2.03. The lowest BCUT2D eigenvalue weighted by molar-refractivity contribution is 0.415. The molecule has 0 radical (unpaired) electrons. The van der Waals surface area contributed by atoms with Gasteiger partial charge in [-0.25, -0.2) is 4.39 Å². The highest BCUT2D eigenvalue weighted by Crippen LogP contribution is 2.23. The molecular weight excluding hydrogens is 313 g/mol. The van der Waals surface area contributed by atoms with Gasteiger partial charge in [0.1, 0.15) is 5.82 Å². The van der Waals surface area contributed by atoms with Crippen LogP contribution in [0.15, 0.2) is 63.5 Å². The van der Waals surface area contributed by atoms with E-state index >= 15 is 0 Å². The number of halogens is 1. The van der Waals surface area contributed by atoms with Crippen molar-refractivity contribution in [2.24, 2.45) is 0 Å². The molecule has 0 saturated carbocycles. The minimum absolute atomic E-state index is 0.0861. The van der Waals surface area contributed by atoms with Crippen molar-refractivity contribution in [2.45, 2.75) is 0 Å². The molecule has 4 rings (SSSR count). The van der Waals surface area contributed by atoms with Crippen LogP contribution in [0.4, 0.5) is 16.1 Å². The molecule has 0 bridgehead atoms. The molecule has 7 nitrogen and oxygen atoms in total. The Morgan fingerprint density at radius 2 is 1.67 bits per heavy atom. The average Bonchev–Trinajstić information content (AvgIpc) is 3.26. The van der Waals surface area contributed by atoms with Crippen molar-refractivity contribution < 1.29 is 13.3 Å². The maximum Gasteiger partial charge on any atom is 0.320 e. The van der Waals surface area contributed by atoms with Gasteiger partial charge in [0.2, 0.25) is 5.82 Å². The fourth-order valence-corrected chi connectivity index (χ4v) is 2.03. The molecule has 0 aliphatic carbocycles. The predicted octanol–water partition coefficient (Wildman–Crippen LogP) is 3.67. The first-order valence-corrected chi connectivity index (χ1v) is 7.03. The summed E-state index contributed by atoms with van der Waals surface area (Å²) in [5, 5.41) is 14.5. The lowest BCUT2D eigenvalue weighted by Crippen LogP contribution is -1.88. The van der Waals surface area contributed by atoms with Crippen LogP contribution in [0.5, 0.6) is 0 Å². The molecule has 0 spiro atoms. The highest BCUT2D eigenvalue weighted by atomic mass is 19.1. The van der Waals surface area contributed by atoms with Gasteiger partial charge in [-0.2, -0.15) is 4.98 Å². The van der Waals surface area contributed by atoms with Crippen LogP contribution >= 0.6 is 0 Å². The Kier molecular flexibility index (Phi) is 3.47. The van der Waals surface area contributed by atoms with E-state index in [1.165, 1.54) is 12.1 Å². The summed E-state index contributed by atoms with van der Waals surface area (Å²) in [5.74, 6) is 0.147. The lowest BCUT2D eigenvalue weighted by atomic mass is 10.2. The van der Waals surface area contributed by atoms with Crippen LogP contribution < -0.4 is 5.32 Å². The zero-order chi connectivity index (χ0) is 16.4. The number of nitrogens with zero attached hydrogens (tertiary/aromatic N) is 4. The zero-order valence-electron chi connectivity index (χ0n) is 12.2. The molecule has 0 aliphatic rings. The number of nitrogens with one attached hydrogen (secondary N) is 1. The molecule has 8 heteroatoms. The Hall–Kier alpha value is -3.55. The highest BCUT2D eigenvalue weighted by molar-refractivity contribution is 5.57. The van der Waals surface area contributed by atoms with Gasteiger partial charge in [0, 0.05) is 11.3 Å². The van der Waals surface area contributed by atoms with E-state index in [2.05, 4.69) is 25.7 Å². The minimum atomic E-state index is -0.337. The van der Waals surface area contributed by atoms with Crippen molar-refractivity contribution in [2.75, 3.05) is 5.32 Å². The third-order valence-corrected chi connectivity index (χ3v) is 3.16. The largest absolute Gasteiger partial charge is 0.399 e. The van der Waals surface area contributed by atoms with Crippen molar-refractivity contribution in [3.05, 3.63) is 60.4 Å². The first kappa shape index (κ1) is 14.1. The number of aromatic nitrogens is 4. The molecule has 0 saturated heterocycles. The number of anilines is 2. The van der Waals surface area contributed by atoms with Crippen molar-refractivity contribution in [3.63, 3.8) is 0 Å². The van der Waals surface area contributed by atoms with Gasteiger partial charge < -0.3 is 14.3 Å². The summed E-state index contributed by atoms with van der Waals surface area (Å²) in [6, 6.07) is 15.4. The first-order chi connectivity index (χ1) is 11.8. The Balaban J connectivity index is 1.56. The summed E-state index contributed by atoms with van der Waals surface area (Å²) < 4.78 is 23.5. The summed E-state index contributed by atoms with van der Waals surface area (Å²) in [7, 11) is 0. The third kappa shape index (κ3) is 2.84. The fraction of sp³-hybridized carbons (Fsp3) is 0. The first-order valence-electron chi connectivity index (χ1n) is 7.03. The molecule has 4 aromatic rings. The van der Waals surface area contributed by atoms with Crippen molar-refractivity contribution in [3.8, 4) is 23.2 Å². The number of hydrogen-bond donors (Lipinski definition) is 1. The van der Waals surface area contributed by atoms with Crippen molar-refractivity contribution >= 4 is 11.7 Å². The molecule has 2 aromatic heterocycles. The second-order valence-electron chi connectivity index (χ2n) is 4.83. The number of rotatable bonds is 4. The van der Waals surface area contributed by atoms with Gasteiger partial charge in [-0.05, 0) is 36.4 Å². The Morgan fingerprint density at radius 1 is 0.875 bits per heavy atom. The van der Waals surface area contributed by atoms with Crippen molar-refractivity contribution in [1.82, 2.24) is 20.3 Å². The van der Waals surface area contributed by atoms with E-state index in [-0.39, 0.29) is 23.6 Å². The molecule has 1 N–H and O–H groups in total. The average molecular weight is 323 g/mol. The monoisotopic (exact) mass is 323 g/mol. The molecule has 0 atom stereocenters. The van der Waals surface area contributed by atoms with E-state index in [9.17, 15) is 4.39 Å². The number of para-hydroxylation sites is 1. The van der Waals surface area contributed by atoms with Crippen LogP contribution in [-0.4, -0.2) is 20.3 Å². The molecular formula is C16H10FN5O2. The molecule has 0 unspecified atom stereocenters. The van der Waals surface area contributed by atoms with Crippen LogP contribution in [0.1, 0.15) is 0 Å². The van der Waals surface area contributed by atoms with Gasteiger partial charge in [-0.3, -0.25) is 0 Å². The van der Waals surface area contributed by atoms with Crippen LogP contribution in [0.2, 0.25) is 0 Å². The predicted molar refractivity (Wildman–Crippen MR) is 82.7 cm³/mol. The maximum absolute atomic E-state index is 12.9. The Labute approximate surface area is 135 Å². The summed E-state index contributed by atoms with van der Waals surface area (Å²) in [6.07, 6.45) is 0. The lowest BCUT2D eigenvalue weighted by Gasteiger charge is -1.98. The second-order valence-corrected chi connectivity index (χ2v) is 4.83.